The van der Waals surface area contributed by atoms with Gasteiger partial charge in [-0.3, -0.25) is 9.36 Å². The lowest BCUT2D eigenvalue weighted by Gasteiger charge is -2.31. The number of fused-ring (bicyclic) bond motifs is 1. The first-order chi connectivity index (χ1) is 18.1. The molecule has 0 bridgehead atoms. The fourth-order valence-corrected chi connectivity index (χ4v) is 4.69. The number of ether oxygens (including phenoxy) is 2. The Balaban J connectivity index is 1.18. The van der Waals surface area contributed by atoms with Gasteiger partial charge in [-0.2, -0.15) is 0 Å². The van der Waals surface area contributed by atoms with Crippen molar-refractivity contribution in [1.29, 1.82) is 0 Å². The van der Waals surface area contributed by atoms with Crippen LogP contribution in [-0.2, 0) is 0 Å². The molecule has 1 fully saturated rings. The van der Waals surface area contributed by atoms with Gasteiger partial charge >= 0.3 is 0 Å². The molecule has 0 unspecified atom stereocenters. The van der Waals surface area contributed by atoms with Crippen LogP contribution in [0.1, 0.15) is 29.6 Å². The molecular formula is C29H30FN3O4. The van der Waals surface area contributed by atoms with Crippen LogP contribution in [0.15, 0.2) is 73.1 Å². The molecule has 0 spiro atoms. The van der Waals surface area contributed by atoms with Crippen molar-refractivity contribution in [1.82, 2.24) is 14.5 Å². The van der Waals surface area contributed by atoms with E-state index in [4.69, 9.17) is 14.6 Å². The van der Waals surface area contributed by atoms with Gasteiger partial charge in [0.05, 0.1) is 11.0 Å². The zero-order chi connectivity index (χ0) is 25.6. The number of rotatable bonds is 9. The molecule has 2 heterocycles. The summed E-state index contributed by atoms with van der Waals surface area (Å²) in [5.74, 6) is 1.54. The highest BCUT2D eigenvalue weighted by atomic mass is 19.1. The van der Waals surface area contributed by atoms with E-state index < -0.39 is 0 Å². The zero-order valence-electron chi connectivity index (χ0n) is 20.6. The monoisotopic (exact) mass is 503 g/mol. The van der Waals surface area contributed by atoms with Crippen LogP contribution in [0.5, 0.6) is 11.5 Å². The summed E-state index contributed by atoms with van der Waals surface area (Å²) in [4.78, 5) is 19.5. The van der Waals surface area contributed by atoms with E-state index in [1.807, 2.05) is 51.9 Å². The van der Waals surface area contributed by atoms with Crippen LogP contribution in [-0.4, -0.2) is 58.4 Å². The van der Waals surface area contributed by atoms with Crippen molar-refractivity contribution in [2.75, 3.05) is 32.9 Å². The first-order valence-corrected chi connectivity index (χ1v) is 12.6. The fourth-order valence-electron chi connectivity index (χ4n) is 4.69. The van der Waals surface area contributed by atoms with Crippen LogP contribution in [0, 0.1) is 11.7 Å². The lowest BCUT2D eigenvalue weighted by atomic mass is 9.93. The minimum atomic E-state index is -0.297. The number of carbonyl (C=O) groups is 1. The number of carbonyl (C=O) groups excluding carboxylic acids is 1. The molecule has 7 nitrogen and oxygen atoms in total. The molecule has 37 heavy (non-hydrogen) atoms. The van der Waals surface area contributed by atoms with Crippen LogP contribution >= 0.6 is 0 Å². The predicted molar refractivity (Wildman–Crippen MR) is 139 cm³/mol. The van der Waals surface area contributed by atoms with Gasteiger partial charge < -0.3 is 19.5 Å². The smallest absolute Gasteiger partial charge is 0.253 e. The van der Waals surface area contributed by atoms with Gasteiger partial charge in [0.2, 0.25) is 0 Å². The Morgan fingerprint density at radius 1 is 0.946 bits per heavy atom. The fraction of sp³-hybridized carbons (Fsp3) is 0.310. The summed E-state index contributed by atoms with van der Waals surface area (Å²) >= 11 is 0. The van der Waals surface area contributed by atoms with E-state index in [9.17, 15) is 9.18 Å². The Morgan fingerprint density at radius 3 is 2.24 bits per heavy atom. The second-order valence-electron chi connectivity index (χ2n) is 9.21. The average Bonchev–Trinajstić information content (AvgIpc) is 3.36. The van der Waals surface area contributed by atoms with Crippen molar-refractivity contribution in [2.45, 2.75) is 19.3 Å². The van der Waals surface area contributed by atoms with Crippen molar-refractivity contribution in [3.8, 4) is 17.2 Å². The van der Waals surface area contributed by atoms with Crippen LogP contribution in [0.3, 0.4) is 0 Å². The molecular weight excluding hydrogens is 473 g/mol. The number of aromatic nitrogens is 2. The summed E-state index contributed by atoms with van der Waals surface area (Å²) in [6.07, 6.45) is 4.43. The second kappa shape index (κ2) is 11.4. The minimum absolute atomic E-state index is 0.0313. The minimum Gasteiger partial charge on any atom is -0.490 e. The van der Waals surface area contributed by atoms with Crippen LogP contribution in [0.4, 0.5) is 4.39 Å². The van der Waals surface area contributed by atoms with Gasteiger partial charge in [-0.25, -0.2) is 9.37 Å². The van der Waals surface area contributed by atoms with E-state index in [-0.39, 0.29) is 18.3 Å². The SMILES string of the molecule is O=C(c1ccc2c(c1)ncn2-c1ccc(OCCOc2ccc(F)cc2)cc1)N1CCC(CCO)CC1. The topological polar surface area (TPSA) is 76.8 Å². The average molecular weight is 504 g/mol. The number of aliphatic hydroxyl groups excluding tert-OH is 1. The highest BCUT2D eigenvalue weighted by Gasteiger charge is 2.23. The Bertz CT molecular complexity index is 1330. The predicted octanol–water partition coefficient (Wildman–Crippen LogP) is 4.86. The number of imidazole rings is 1. The van der Waals surface area contributed by atoms with Gasteiger partial charge in [0.1, 0.15) is 36.9 Å². The molecule has 8 heteroatoms. The van der Waals surface area contributed by atoms with Gasteiger partial charge in [0.25, 0.3) is 5.91 Å². The molecule has 1 aliphatic rings. The molecule has 1 aromatic heterocycles. The number of piperidine rings is 1. The Labute approximate surface area is 215 Å². The molecule has 192 valence electrons. The van der Waals surface area contributed by atoms with E-state index in [0.29, 0.717) is 36.2 Å². The van der Waals surface area contributed by atoms with Gasteiger partial charge in [0, 0.05) is 30.9 Å². The normalized spacial score (nSPS) is 14.2. The number of halogens is 1. The van der Waals surface area contributed by atoms with E-state index in [0.717, 1.165) is 49.1 Å². The van der Waals surface area contributed by atoms with Crippen molar-refractivity contribution in [3.05, 3.63) is 84.4 Å². The lowest BCUT2D eigenvalue weighted by molar-refractivity contribution is 0.0678. The van der Waals surface area contributed by atoms with Crippen LogP contribution in [0.25, 0.3) is 16.7 Å². The van der Waals surface area contributed by atoms with E-state index in [1.165, 1.54) is 12.1 Å². The number of nitrogens with zero attached hydrogens (tertiary/aromatic N) is 3. The van der Waals surface area contributed by atoms with E-state index >= 15 is 0 Å². The number of benzene rings is 3. The molecule has 0 saturated carbocycles. The number of likely N-dealkylation sites (tertiary alicyclic amines) is 1. The summed E-state index contributed by atoms with van der Waals surface area (Å²) < 4.78 is 26.2. The Hall–Kier alpha value is -3.91. The molecule has 1 amide bonds. The molecule has 1 aliphatic heterocycles. The molecule has 0 atom stereocenters. The highest BCUT2D eigenvalue weighted by molar-refractivity contribution is 5.97. The quantitative estimate of drug-likeness (QED) is 0.330. The summed E-state index contributed by atoms with van der Waals surface area (Å²) in [6.45, 7) is 2.37. The molecule has 4 aromatic rings. The first-order valence-electron chi connectivity index (χ1n) is 12.6. The maximum Gasteiger partial charge on any atom is 0.253 e. The third-order valence-corrected chi connectivity index (χ3v) is 6.78. The third-order valence-electron chi connectivity index (χ3n) is 6.78. The van der Waals surface area contributed by atoms with E-state index in [1.54, 1.807) is 18.5 Å². The summed E-state index contributed by atoms with van der Waals surface area (Å²) in [6, 6.07) is 19.2. The van der Waals surface area contributed by atoms with Crippen LogP contribution < -0.4 is 9.47 Å². The van der Waals surface area contributed by atoms with Crippen molar-refractivity contribution >= 4 is 16.9 Å². The molecule has 1 saturated heterocycles. The highest BCUT2D eigenvalue weighted by Crippen LogP contribution is 2.25. The number of amides is 1. The maximum absolute atomic E-state index is 13.0. The number of hydrogen-bond acceptors (Lipinski definition) is 5. The largest absolute Gasteiger partial charge is 0.490 e. The van der Waals surface area contributed by atoms with Gasteiger partial charge in [-0.05, 0) is 91.9 Å². The van der Waals surface area contributed by atoms with Crippen LogP contribution in [0.2, 0.25) is 0 Å². The van der Waals surface area contributed by atoms with Crippen molar-refractivity contribution < 1.29 is 23.8 Å². The molecule has 0 radical (unpaired) electrons. The zero-order valence-corrected chi connectivity index (χ0v) is 20.6. The standard InChI is InChI=1S/C29H30FN3O4/c30-23-2-6-25(7-3-23)36-17-18-37-26-8-4-24(5-9-26)33-20-31-27-19-22(1-10-28(27)33)29(35)32-14-11-21(12-15-32)13-16-34/h1-10,19-21,34H,11-18H2. The lowest BCUT2D eigenvalue weighted by Crippen LogP contribution is -2.38. The van der Waals surface area contributed by atoms with Gasteiger partial charge in [-0.15, -0.1) is 0 Å². The van der Waals surface area contributed by atoms with Gasteiger partial charge in [-0.1, -0.05) is 0 Å². The summed E-state index contributed by atoms with van der Waals surface area (Å²) in [5, 5.41) is 9.15. The number of hydrogen-bond donors (Lipinski definition) is 1. The Kier molecular flexibility index (Phi) is 7.65. The molecule has 0 aliphatic carbocycles. The van der Waals surface area contributed by atoms with E-state index in [2.05, 4.69) is 4.98 Å². The molecule has 5 rings (SSSR count). The molecule has 3 aromatic carbocycles. The maximum atomic E-state index is 13.0. The molecule has 1 N–H and O–H groups in total. The van der Waals surface area contributed by atoms with Crippen molar-refractivity contribution in [3.63, 3.8) is 0 Å². The van der Waals surface area contributed by atoms with Gasteiger partial charge in [0.15, 0.2) is 0 Å². The number of aliphatic hydroxyl groups is 1. The second-order valence-corrected chi connectivity index (χ2v) is 9.21. The third kappa shape index (κ3) is 5.91. The summed E-state index contributed by atoms with van der Waals surface area (Å²) in [5.41, 5.74) is 3.26. The van der Waals surface area contributed by atoms with Crippen molar-refractivity contribution in [2.24, 2.45) is 5.92 Å². The Morgan fingerprint density at radius 2 is 1.59 bits per heavy atom. The first kappa shape index (κ1) is 24.8. The summed E-state index contributed by atoms with van der Waals surface area (Å²) in [7, 11) is 0.